The third-order valence-electron chi connectivity index (χ3n) is 1.91. The van der Waals surface area contributed by atoms with Crippen molar-refractivity contribution in [2.24, 2.45) is 0 Å². The molecule has 5 nitrogen and oxygen atoms in total. The number of amides is 1. The minimum absolute atomic E-state index is 0.0174. The van der Waals surface area contributed by atoms with Crippen molar-refractivity contribution >= 4 is 23.5 Å². The highest BCUT2D eigenvalue weighted by Gasteiger charge is 2.17. The molecule has 0 spiro atoms. The number of hydrogen-bond acceptors (Lipinski definition) is 3. The lowest BCUT2D eigenvalue weighted by molar-refractivity contribution is -0.137. The third-order valence-corrected chi connectivity index (χ3v) is 2.14. The Kier molecular flexibility index (Phi) is 3.73. The van der Waals surface area contributed by atoms with Crippen LogP contribution in [0.25, 0.3) is 0 Å². The standard InChI is InChI=1S/C10H10ClNO4/c1-12(5-9(14)15)10(16)7-4-6(11)2-3-8(7)13/h2-4,13H,5H2,1H3,(H,14,15). The van der Waals surface area contributed by atoms with Gasteiger partial charge in [0.2, 0.25) is 0 Å². The van der Waals surface area contributed by atoms with E-state index >= 15 is 0 Å². The molecule has 0 aliphatic rings. The number of phenols is 1. The number of likely N-dealkylation sites (N-methyl/N-ethyl adjacent to an activating group) is 1. The highest BCUT2D eigenvalue weighted by molar-refractivity contribution is 6.31. The summed E-state index contributed by atoms with van der Waals surface area (Å²) in [6.07, 6.45) is 0. The van der Waals surface area contributed by atoms with Gasteiger partial charge < -0.3 is 15.1 Å². The lowest BCUT2D eigenvalue weighted by Gasteiger charge is -2.15. The first-order valence-corrected chi connectivity index (χ1v) is 4.75. The quantitative estimate of drug-likeness (QED) is 0.836. The Morgan fingerprint density at radius 1 is 1.44 bits per heavy atom. The number of carboxylic acid groups (broad SMARTS) is 1. The molecule has 0 saturated heterocycles. The van der Waals surface area contributed by atoms with Crippen LogP contribution >= 0.6 is 11.6 Å². The van der Waals surface area contributed by atoms with Crippen LogP contribution < -0.4 is 0 Å². The number of nitrogens with zero attached hydrogens (tertiary/aromatic N) is 1. The predicted molar refractivity (Wildman–Crippen MR) is 57.7 cm³/mol. The van der Waals surface area contributed by atoms with Crippen LogP contribution in [0.3, 0.4) is 0 Å². The zero-order valence-corrected chi connectivity index (χ0v) is 9.23. The molecule has 0 fully saturated rings. The first-order valence-electron chi connectivity index (χ1n) is 4.37. The molecule has 86 valence electrons. The van der Waals surface area contributed by atoms with Crippen LogP contribution in [0.5, 0.6) is 5.75 Å². The summed E-state index contributed by atoms with van der Waals surface area (Å²) in [5, 5.41) is 18.3. The van der Waals surface area contributed by atoms with E-state index in [-0.39, 0.29) is 11.3 Å². The molecule has 0 heterocycles. The molecule has 0 bridgehead atoms. The molecule has 1 rings (SSSR count). The van der Waals surface area contributed by atoms with E-state index in [2.05, 4.69) is 0 Å². The summed E-state index contributed by atoms with van der Waals surface area (Å²) in [6, 6.07) is 4.01. The van der Waals surface area contributed by atoms with E-state index in [1.165, 1.54) is 25.2 Å². The van der Waals surface area contributed by atoms with Crippen molar-refractivity contribution in [1.29, 1.82) is 0 Å². The van der Waals surface area contributed by atoms with Crippen LogP contribution in [-0.4, -0.2) is 40.6 Å². The number of benzene rings is 1. The van der Waals surface area contributed by atoms with Crippen molar-refractivity contribution in [1.82, 2.24) is 4.90 Å². The van der Waals surface area contributed by atoms with Crippen molar-refractivity contribution in [2.75, 3.05) is 13.6 Å². The Morgan fingerprint density at radius 2 is 2.06 bits per heavy atom. The summed E-state index contributed by atoms with van der Waals surface area (Å²) in [5.41, 5.74) is -0.0174. The molecule has 1 aromatic rings. The van der Waals surface area contributed by atoms with Crippen molar-refractivity contribution in [3.8, 4) is 5.75 Å². The lowest BCUT2D eigenvalue weighted by Crippen LogP contribution is -2.31. The second kappa shape index (κ2) is 4.85. The van der Waals surface area contributed by atoms with E-state index in [1.807, 2.05) is 0 Å². The molecule has 6 heteroatoms. The number of aromatic hydroxyl groups is 1. The fourth-order valence-corrected chi connectivity index (χ4v) is 1.33. The molecule has 2 N–H and O–H groups in total. The van der Waals surface area contributed by atoms with Crippen LogP contribution in [0.15, 0.2) is 18.2 Å². The topological polar surface area (TPSA) is 77.8 Å². The minimum atomic E-state index is -1.13. The molecule has 0 radical (unpaired) electrons. The van der Waals surface area contributed by atoms with Crippen molar-refractivity contribution < 1.29 is 19.8 Å². The Labute approximate surface area is 96.9 Å². The molecule has 1 amide bonds. The van der Waals surface area contributed by atoms with Gasteiger partial charge in [-0.15, -0.1) is 0 Å². The maximum absolute atomic E-state index is 11.7. The van der Waals surface area contributed by atoms with Gasteiger partial charge in [0.25, 0.3) is 5.91 Å². The Hall–Kier alpha value is -1.75. The highest BCUT2D eigenvalue weighted by Crippen LogP contribution is 2.22. The molecular weight excluding hydrogens is 234 g/mol. The van der Waals surface area contributed by atoms with E-state index in [4.69, 9.17) is 16.7 Å². The number of carbonyl (C=O) groups excluding carboxylic acids is 1. The smallest absolute Gasteiger partial charge is 0.323 e. The molecular formula is C10H10ClNO4. The number of aliphatic carboxylic acids is 1. The fraction of sp³-hybridized carbons (Fsp3) is 0.200. The van der Waals surface area contributed by atoms with Gasteiger partial charge in [-0.25, -0.2) is 0 Å². The van der Waals surface area contributed by atoms with Gasteiger partial charge >= 0.3 is 5.97 Å². The SMILES string of the molecule is CN(CC(=O)O)C(=O)c1cc(Cl)ccc1O. The van der Waals surface area contributed by atoms with E-state index in [9.17, 15) is 14.7 Å². The van der Waals surface area contributed by atoms with Gasteiger partial charge in [-0.05, 0) is 18.2 Å². The molecule has 1 aromatic carbocycles. The number of carbonyl (C=O) groups is 2. The molecule has 0 aromatic heterocycles. The average Bonchev–Trinajstić information content (AvgIpc) is 2.19. The van der Waals surface area contributed by atoms with E-state index < -0.39 is 18.4 Å². The second-order valence-corrected chi connectivity index (χ2v) is 3.65. The first-order chi connectivity index (χ1) is 7.41. The normalized spacial score (nSPS) is 9.88. The molecule has 0 unspecified atom stereocenters. The van der Waals surface area contributed by atoms with Gasteiger partial charge in [0.05, 0.1) is 5.56 Å². The van der Waals surface area contributed by atoms with Gasteiger partial charge in [-0.1, -0.05) is 11.6 Å². The second-order valence-electron chi connectivity index (χ2n) is 3.22. The summed E-state index contributed by atoms with van der Waals surface area (Å²) in [7, 11) is 1.33. The summed E-state index contributed by atoms with van der Waals surface area (Å²) in [4.78, 5) is 23.1. The molecule has 16 heavy (non-hydrogen) atoms. The summed E-state index contributed by atoms with van der Waals surface area (Å²) in [6.45, 7) is -0.440. The Morgan fingerprint density at radius 3 is 2.62 bits per heavy atom. The monoisotopic (exact) mass is 243 g/mol. The van der Waals surface area contributed by atoms with Crippen LogP contribution in [-0.2, 0) is 4.79 Å². The molecule has 0 atom stereocenters. The van der Waals surface area contributed by atoms with Crippen molar-refractivity contribution in [3.63, 3.8) is 0 Å². The molecule has 0 saturated carbocycles. The van der Waals surface area contributed by atoms with Gasteiger partial charge in [-0.3, -0.25) is 9.59 Å². The van der Waals surface area contributed by atoms with E-state index in [1.54, 1.807) is 0 Å². The van der Waals surface area contributed by atoms with Gasteiger partial charge in [0.15, 0.2) is 0 Å². The van der Waals surface area contributed by atoms with Crippen LogP contribution in [0.2, 0.25) is 5.02 Å². The van der Waals surface area contributed by atoms with Gasteiger partial charge in [-0.2, -0.15) is 0 Å². The maximum atomic E-state index is 11.7. The van der Waals surface area contributed by atoms with E-state index in [0.29, 0.717) is 5.02 Å². The highest BCUT2D eigenvalue weighted by atomic mass is 35.5. The summed E-state index contributed by atoms with van der Waals surface area (Å²) in [5.74, 6) is -1.95. The van der Waals surface area contributed by atoms with Crippen LogP contribution in [0, 0.1) is 0 Å². The number of rotatable bonds is 3. The van der Waals surface area contributed by atoms with Crippen molar-refractivity contribution in [2.45, 2.75) is 0 Å². The fourth-order valence-electron chi connectivity index (χ4n) is 1.16. The lowest BCUT2D eigenvalue weighted by atomic mass is 10.2. The average molecular weight is 244 g/mol. The zero-order valence-electron chi connectivity index (χ0n) is 8.48. The van der Waals surface area contributed by atoms with Crippen LogP contribution in [0.4, 0.5) is 0 Å². The van der Waals surface area contributed by atoms with Gasteiger partial charge in [0.1, 0.15) is 12.3 Å². The largest absolute Gasteiger partial charge is 0.507 e. The van der Waals surface area contributed by atoms with Crippen molar-refractivity contribution in [3.05, 3.63) is 28.8 Å². The number of carboxylic acids is 1. The third kappa shape index (κ3) is 2.87. The Bertz CT molecular complexity index is 433. The Balaban J connectivity index is 2.95. The van der Waals surface area contributed by atoms with Gasteiger partial charge in [0, 0.05) is 12.1 Å². The van der Waals surface area contributed by atoms with E-state index in [0.717, 1.165) is 4.90 Å². The minimum Gasteiger partial charge on any atom is -0.507 e. The number of phenolic OH excluding ortho intramolecular Hbond substituents is 1. The summed E-state index contributed by atoms with van der Waals surface area (Å²) >= 11 is 5.67. The van der Waals surface area contributed by atoms with Crippen LogP contribution in [0.1, 0.15) is 10.4 Å². The predicted octanol–water partition coefficient (Wildman–Crippen LogP) is 1.20. The number of hydrogen-bond donors (Lipinski definition) is 2. The maximum Gasteiger partial charge on any atom is 0.323 e. The molecule has 0 aliphatic carbocycles. The number of halogens is 1. The summed E-state index contributed by atoms with van der Waals surface area (Å²) < 4.78 is 0. The first kappa shape index (κ1) is 12.3. The zero-order chi connectivity index (χ0) is 12.3. The molecule has 0 aliphatic heterocycles.